The van der Waals surface area contributed by atoms with Crippen LogP contribution in [0, 0.1) is 0 Å². The van der Waals surface area contributed by atoms with Gasteiger partial charge in [-0.3, -0.25) is 0 Å². The molecule has 1 aromatic rings. The molecule has 1 aliphatic rings. The fourth-order valence-electron chi connectivity index (χ4n) is 2.22. The van der Waals surface area contributed by atoms with Crippen molar-refractivity contribution in [3.05, 3.63) is 29.8 Å². The second-order valence-electron chi connectivity index (χ2n) is 5.04. The van der Waals surface area contributed by atoms with Crippen molar-refractivity contribution in [2.24, 2.45) is 5.73 Å². The van der Waals surface area contributed by atoms with Crippen LogP contribution in [-0.2, 0) is 6.42 Å². The molecule has 0 radical (unpaired) electrons. The maximum atomic E-state index is 8.91. The van der Waals surface area contributed by atoms with E-state index in [4.69, 9.17) is 15.6 Å². The van der Waals surface area contributed by atoms with E-state index in [1.807, 2.05) is 12.1 Å². The Morgan fingerprint density at radius 2 is 2.00 bits per heavy atom. The molecule has 3 N–H and O–H groups in total. The van der Waals surface area contributed by atoms with Gasteiger partial charge in [-0.2, -0.15) is 0 Å². The molecule has 2 rings (SSSR count). The van der Waals surface area contributed by atoms with Gasteiger partial charge in [-0.05, 0) is 49.9 Å². The number of aliphatic hydroxyl groups excluding tert-OH is 1. The summed E-state index contributed by atoms with van der Waals surface area (Å²) in [5.41, 5.74) is 6.71. The van der Waals surface area contributed by atoms with Crippen molar-refractivity contribution in [3.63, 3.8) is 0 Å². The van der Waals surface area contributed by atoms with E-state index in [9.17, 15) is 0 Å². The second kappa shape index (κ2) is 9.82. The van der Waals surface area contributed by atoms with Gasteiger partial charge in [0.2, 0.25) is 0 Å². The lowest BCUT2D eigenvalue weighted by atomic mass is 9.98. The molecule has 0 atom stereocenters. The Morgan fingerprint density at radius 3 is 2.53 bits per heavy atom. The molecule has 1 aromatic carbocycles. The highest BCUT2D eigenvalue weighted by Crippen LogP contribution is 2.16. The quantitative estimate of drug-likeness (QED) is 0.880. The van der Waals surface area contributed by atoms with Gasteiger partial charge in [-0.15, -0.1) is 0 Å². The molecule has 3 heteroatoms. The van der Waals surface area contributed by atoms with Crippen LogP contribution in [-0.4, -0.2) is 24.9 Å². The largest absolute Gasteiger partial charge is 0.497 e. The van der Waals surface area contributed by atoms with Crippen molar-refractivity contribution in [1.82, 2.24) is 0 Å². The first-order valence-electron chi connectivity index (χ1n) is 7.27. The second-order valence-corrected chi connectivity index (χ2v) is 5.04. The zero-order chi connectivity index (χ0) is 13.9. The minimum atomic E-state index is 0.0359. The van der Waals surface area contributed by atoms with Crippen LogP contribution < -0.4 is 10.5 Å². The minimum absolute atomic E-state index is 0.0359. The van der Waals surface area contributed by atoms with Crippen molar-refractivity contribution in [2.45, 2.75) is 51.0 Å². The predicted octanol–water partition coefficient (Wildman–Crippen LogP) is 2.90. The van der Waals surface area contributed by atoms with Gasteiger partial charge in [0.1, 0.15) is 5.75 Å². The van der Waals surface area contributed by atoms with Crippen LogP contribution in [0.2, 0.25) is 0 Å². The Hall–Kier alpha value is -1.06. The maximum Gasteiger partial charge on any atom is 0.119 e. The van der Waals surface area contributed by atoms with Gasteiger partial charge in [-0.25, -0.2) is 0 Å². The van der Waals surface area contributed by atoms with E-state index in [1.165, 1.54) is 24.8 Å². The van der Waals surface area contributed by atoms with Crippen LogP contribution in [0.25, 0.3) is 0 Å². The highest BCUT2D eigenvalue weighted by molar-refractivity contribution is 5.28. The summed E-state index contributed by atoms with van der Waals surface area (Å²) in [4.78, 5) is 0. The van der Waals surface area contributed by atoms with Crippen LogP contribution >= 0.6 is 0 Å². The van der Waals surface area contributed by atoms with Crippen LogP contribution in [0.5, 0.6) is 5.75 Å². The first kappa shape index (κ1) is 16.0. The monoisotopic (exact) mass is 265 g/mol. The number of hydrogen-bond acceptors (Lipinski definition) is 3. The third kappa shape index (κ3) is 7.19. The van der Waals surface area contributed by atoms with E-state index in [-0.39, 0.29) is 6.10 Å². The molecule has 1 fully saturated rings. The smallest absolute Gasteiger partial charge is 0.119 e. The number of methoxy groups -OCH3 is 1. The summed E-state index contributed by atoms with van der Waals surface area (Å²) in [5, 5.41) is 8.91. The van der Waals surface area contributed by atoms with E-state index < -0.39 is 0 Å². The average Bonchev–Trinajstić information content (AvgIpc) is 2.47. The lowest BCUT2D eigenvalue weighted by molar-refractivity contribution is 0.130. The fourth-order valence-corrected chi connectivity index (χ4v) is 2.22. The molecule has 3 nitrogen and oxygen atoms in total. The van der Waals surface area contributed by atoms with Crippen molar-refractivity contribution in [1.29, 1.82) is 0 Å². The third-order valence-electron chi connectivity index (χ3n) is 3.38. The molecule has 1 saturated carbocycles. The summed E-state index contributed by atoms with van der Waals surface area (Å²) >= 11 is 0. The van der Waals surface area contributed by atoms with Crippen molar-refractivity contribution in [3.8, 4) is 5.75 Å². The Kier molecular flexibility index (Phi) is 8.26. The average molecular weight is 265 g/mol. The van der Waals surface area contributed by atoms with Crippen LogP contribution in [0.4, 0.5) is 0 Å². The summed E-state index contributed by atoms with van der Waals surface area (Å²) in [6.45, 7) is 0.747. The molecular formula is C16H27NO2. The van der Waals surface area contributed by atoms with Gasteiger partial charge in [0, 0.05) is 0 Å². The first-order valence-corrected chi connectivity index (χ1v) is 7.27. The molecule has 0 aliphatic heterocycles. The fraction of sp³-hybridized carbons (Fsp3) is 0.625. The molecule has 0 saturated heterocycles. The lowest BCUT2D eigenvalue weighted by Crippen LogP contribution is -2.09. The molecule has 108 valence electrons. The molecule has 19 heavy (non-hydrogen) atoms. The minimum Gasteiger partial charge on any atom is -0.497 e. The molecule has 0 aromatic heterocycles. The molecule has 0 amide bonds. The molecule has 0 unspecified atom stereocenters. The van der Waals surface area contributed by atoms with Crippen LogP contribution in [0.1, 0.15) is 44.1 Å². The van der Waals surface area contributed by atoms with E-state index in [0.717, 1.165) is 38.0 Å². The Morgan fingerprint density at radius 1 is 1.26 bits per heavy atom. The highest BCUT2D eigenvalue weighted by atomic mass is 16.5. The third-order valence-corrected chi connectivity index (χ3v) is 3.38. The van der Waals surface area contributed by atoms with Gasteiger partial charge < -0.3 is 15.6 Å². The number of hydrogen-bond donors (Lipinski definition) is 2. The van der Waals surface area contributed by atoms with Gasteiger partial charge in [0.15, 0.2) is 0 Å². The van der Waals surface area contributed by atoms with E-state index in [2.05, 4.69) is 12.1 Å². The number of rotatable bonds is 4. The van der Waals surface area contributed by atoms with Gasteiger partial charge in [0.05, 0.1) is 13.2 Å². The number of ether oxygens (including phenoxy) is 1. The van der Waals surface area contributed by atoms with Crippen molar-refractivity contribution < 1.29 is 9.84 Å². The zero-order valence-corrected chi connectivity index (χ0v) is 12.0. The molecule has 0 spiro atoms. The van der Waals surface area contributed by atoms with Crippen LogP contribution in [0.15, 0.2) is 24.3 Å². The van der Waals surface area contributed by atoms with Gasteiger partial charge >= 0.3 is 0 Å². The number of nitrogens with two attached hydrogens (primary N) is 1. The summed E-state index contributed by atoms with van der Waals surface area (Å²) in [5.74, 6) is 0.921. The number of benzene rings is 1. The normalized spacial score (nSPS) is 15.5. The van der Waals surface area contributed by atoms with E-state index in [0.29, 0.717) is 0 Å². The molecule has 0 bridgehead atoms. The number of aliphatic hydroxyl groups is 1. The first-order chi connectivity index (χ1) is 9.26. The van der Waals surface area contributed by atoms with E-state index >= 15 is 0 Å². The standard InChI is InChI=1S/C10H15NO.C6H12O/c1-12-10-6-2-4-9(8-10)5-3-7-11;7-6-4-2-1-3-5-6/h2,4,6,8H,3,5,7,11H2,1H3;6-7H,1-5H2. The Bertz CT molecular complexity index is 335. The van der Waals surface area contributed by atoms with Crippen LogP contribution in [0.3, 0.4) is 0 Å². The van der Waals surface area contributed by atoms with Gasteiger partial charge in [-0.1, -0.05) is 31.4 Å². The Balaban J connectivity index is 0.000000218. The summed E-state index contributed by atoms with van der Waals surface area (Å²) in [6.07, 6.45) is 7.99. The van der Waals surface area contributed by atoms with Crippen molar-refractivity contribution >= 4 is 0 Å². The summed E-state index contributed by atoms with van der Waals surface area (Å²) in [6, 6.07) is 8.10. The highest BCUT2D eigenvalue weighted by Gasteiger charge is 2.07. The summed E-state index contributed by atoms with van der Waals surface area (Å²) in [7, 11) is 1.68. The SMILES string of the molecule is COc1cccc(CCCN)c1.OC1CCCCC1. The zero-order valence-electron chi connectivity index (χ0n) is 12.0. The predicted molar refractivity (Wildman–Crippen MR) is 79.5 cm³/mol. The topological polar surface area (TPSA) is 55.5 Å². The summed E-state index contributed by atoms with van der Waals surface area (Å²) < 4.78 is 5.10. The molecular weight excluding hydrogens is 238 g/mol. The molecule has 1 aliphatic carbocycles. The molecule has 0 heterocycles. The van der Waals surface area contributed by atoms with Crippen molar-refractivity contribution in [2.75, 3.05) is 13.7 Å². The van der Waals surface area contributed by atoms with E-state index in [1.54, 1.807) is 7.11 Å². The lowest BCUT2D eigenvalue weighted by Gasteiger charge is -2.14. The number of aryl methyl sites for hydroxylation is 1. The Labute approximate surface area is 116 Å². The van der Waals surface area contributed by atoms with Gasteiger partial charge in [0.25, 0.3) is 0 Å². The maximum absolute atomic E-state index is 8.91.